The summed E-state index contributed by atoms with van der Waals surface area (Å²) >= 11 is 0. The Balaban J connectivity index is 1.47. The Morgan fingerprint density at radius 1 is 1.08 bits per heavy atom. The fourth-order valence-electron chi connectivity index (χ4n) is 4.39. The number of hydrogen-bond donors (Lipinski definition) is 6. The number of aliphatic hydroxyl groups is 3. The Kier molecular flexibility index (Phi) is 7.17. The Bertz CT molecular complexity index is 1370. The molecule has 8 N–H and O–H groups in total. The van der Waals surface area contributed by atoms with E-state index in [-0.39, 0.29) is 5.82 Å². The van der Waals surface area contributed by atoms with Crippen LogP contribution in [0.15, 0.2) is 54.9 Å². The van der Waals surface area contributed by atoms with Gasteiger partial charge in [0.2, 0.25) is 5.95 Å². The fraction of sp³-hybridized carbons (Fsp3) is 0.320. The minimum absolute atomic E-state index is 0.156. The summed E-state index contributed by atoms with van der Waals surface area (Å²) in [6, 6.07) is 15.8. The molecule has 4 atom stereocenters. The summed E-state index contributed by atoms with van der Waals surface area (Å²) in [6.07, 6.45) is -3.35. The lowest BCUT2D eigenvalue weighted by Crippen LogP contribution is -2.33. The van der Waals surface area contributed by atoms with Crippen LogP contribution in [0.25, 0.3) is 22.3 Å². The van der Waals surface area contributed by atoms with Gasteiger partial charge in [-0.15, -0.1) is 0 Å². The van der Waals surface area contributed by atoms with E-state index >= 15 is 0 Å². The van der Waals surface area contributed by atoms with Crippen LogP contribution in [0.1, 0.15) is 11.8 Å². The first-order valence-electron chi connectivity index (χ1n) is 11.9. The number of nitrogens with one attached hydrogen (secondary N) is 1. The lowest BCUT2D eigenvalue weighted by Gasteiger charge is -2.20. The second-order valence-electron chi connectivity index (χ2n) is 8.65. The smallest absolute Gasteiger partial charge is 0.207 e. The van der Waals surface area contributed by atoms with E-state index in [1.807, 2.05) is 48.5 Å². The van der Waals surface area contributed by atoms with Gasteiger partial charge in [-0.25, -0.2) is 15.0 Å². The summed E-state index contributed by atoms with van der Waals surface area (Å²) in [7, 11) is 0. The second-order valence-corrected chi connectivity index (χ2v) is 8.65. The number of hydrogen-bond acceptors (Lipinski definition) is 11. The molecule has 0 unspecified atom stereocenters. The van der Waals surface area contributed by atoms with Crippen LogP contribution in [0.5, 0.6) is 5.75 Å². The van der Waals surface area contributed by atoms with Crippen LogP contribution < -0.4 is 21.5 Å². The molecule has 5 rings (SSSR count). The van der Waals surface area contributed by atoms with Crippen LogP contribution in [0, 0.1) is 0 Å². The molecule has 0 radical (unpaired) electrons. The summed E-state index contributed by atoms with van der Waals surface area (Å²) in [4.78, 5) is 12.8. The predicted molar refractivity (Wildman–Crippen MR) is 136 cm³/mol. The topological polar surface area (TPSA) is 187 Å². The van der Waals surface area contributed by atoms with Gasteiger partial charge in [0, 0.05) is 18.7 Å². The first-order chi connectivity index (χ1) is 18.0. The summed E-state index contributed by atoms with van der Waals surface area (Å²) in [6.45, 7) is 0.628. The number of rotatable bonds is 9. The number of nitrogen functional groups attached to an aromatic ring is 1. The van der Waals surface area contributed by atoms with E-state index in [0.717, 1.165) is 16.7 Å². The van der Waals surface area contributed by atoms with Gasteiger partial charge in [0.25, 0.3) is 0 Å². The number of nitrogens with two attached hydrogens (primary N) is 2. The van der Waals surface area contributed by atoms with Crippen LogP contribution in [0.2, 0.25) is 0 Å². The molecule has 4 aromatic rings. The van der Waals surface area contributed by atoms with Crippen molar-refractivity contribution < 1.29 is 24.8 Å². The van der Waals surface area contributed by atoms with E-state index in [1.165, 1.54) is 10.9 Å². The van der Waals surface area contributed by atoms with Crippen LogP contribution in [0.3, 0.4) is 0 Å². The molecule has 2 aromatic carbocycles. The summed E-state index contributed by atoms with van der Waals surface area (Å²) in [5.41, 5.74) is 15.2. The van der Waals surface area contributed by atoms with E-state index in [0.29, 0.717) is 42.6 Å². The van der Waals surface area contributed by atoms with Gasteiger partial charge in [0.15, 0.2) is 23.2 Å². The number of ether oxygens (including phenoxy) is 2. The van der Waals surface area contributed by atoms with Crippen LogP contribution in [-0.4, -0.2) is 72.9 Å². The van der Waals surface area contributed by atoms with Crippen molar-refractivity contribution in [1.29, 1.82) is 0 Å². The SMILES string of the molecule is NCCOc1cc(CNc2nc3c(N)ncnc3n2[C@@H]2O[C@H](CO)[C@@H](O)[C@H]2O)ccc1-c1ccccc1. The van der Waals surface area contributed by atoms with Crippen molar-refractivity contribution in [3.05, 3.63) is 60.4 Å². The predicted octanol–water partition coefficient (Wildman–Crippen LogP) is 0.637. The third kappa shape index (κ3) is 4.80. The third-order valence-corrected chi connectivity index (χ3v) is 6.23. The van der Waals surface area contributed by atoms with Gasteiger partial charge in [-0.3, -0.25) is 4.57 Å². The molecule has 194 valence electrons. The zero-order valence-corrected chi connectivity index (χ0v) is 19.9. The summed E-state index contributed by atoms with van der Waals surface area (Å²) in [5, 5.41) is 33.8. The van der Waals surface area contributed by atoms with Crippen molar-refractivity contribution in [2.45, 2.75) is 31.1 Å². The molecule has 1 fully saturated rings. The van der Waals surface area contributed by atoms with Gasteiger partial charge >= 0.3 is 0 Å². The highest BCUT2D eigenvalue weighted by atomic mass is 16.6. The molecule has 0 amide bonds. The summed E-state index contributed by atoms with van der Waals surface area (Å²) < 4.78 is 13.2. The molecular formula is C25H29N7O5. The Hall–Kier alpha value is -3.81. The van der Waals surface area contributed by atoms with Crippen molar-refractivity contribution in [3.8, 4) is 16.9 Å². The quantitative estimate of drug-likeness (QED) is 0.187. The molecule has 37 heavy (non-hydrogen) atoms. The van der Waals surface area contributed by atoms with Crippen molar-refractivity contribution in [1.82, 2.24) is 19.5 Å². The number of benzene rings is 2. The molecule has 0 aliphatic carbocycles. The van der Waals surface area contributed by atoms with Crippen LogP contribution in [0.4, 0.5) is 11.8 Å². The lowest BCUT2D eigenvalue weighted by atomic mass is 10.0. The number of anilines is 2. The van der Waals surface area contributed by atoms with E-state index in [1.54, 1.807) is 0 Å². The number of fused-ring (bicyclic) bond motifs is 1. The fourth-order valence-corrected chi connectivity index (χ4v) is 4.39. The average molecular weight is 508 g/mol. The molecule has 3 heterocycles. The van der Waals surface area contributed by atoms with Gasteiger partial charge in [-0.2, -0.15) is 0 Å². The van der Waals surface area contributed by atoms with E-state index in [9.17, 15) is 15.3 Å². The highest BCUT2D eigenvalue weighted by molar-refractivity contribution is 5.84. The Labute approximate surface area is 212 Å². The maximum atomic E-state index is 10.7. The number of aliphatic hydroxyl groups excluding tert-OH is 3. The maximum absolute atomic E-state index is 10.7. The molecule has 1 aliphatic heterocycles. The average Bonchev–Trinajstić information content (AvgIpc) is 3.43. The molecule has 0 saturated carbocycles. The highest BCUT2D eigenvalue weighted by Crippen LogP contribution is 2.36. The first kappa shape index (κ1) is 24.9. The second kappa shape index (κ2) is 10.7. The molecule has 2 aromatic heterocycles. The van der Waals surface area contributed by atoms with Gasteiger partial charge in [0.05, 0.1) is 6.61 Å². The van der Waals surface area contributed by atoms with Crippen LogP contribution >= 0.6 is 0 Å². The lowest BCUT2D eigenvalue weighted by molar-refractivity contribution is -0.0501. The van der Waals surface area contributed by atoms with Gasteiger partial charge < -0.3 is 41.6 Å². The standard InChI is InChI=1S/C25H29N7O5/c26-8-9-36-17-10-14(6-7-16(17)15-4-2-1-3-5-15)11-28-25-31-19-22(27)29-13-30-23(19)32(25)24-21(35)20(34)18(12-33)37-24/h1-7,10,13,18,20-21,24,33-35H,8-9,11-12,26H2,(H,28,31)(H2,27,29,30)/t18-,20-,21-,24-/m1/s1. The molecule has 1 aliphatic rings. The van der Waals surface area contributed by atoms with Crippen molar-refractivity contribution in [2.75, 3.05) is 30.8 Å². The van der Waals surface area contributed by atoms with E-state index in [2.05, 4.69) is 20.3 Å². The zero-order valence-electron chi connectivity index (χ0n) is 19.9. The van der Waals surface area contributed by atoms with E-state index < -0.39 is 31.1 Å². The Morgan fingerprint density at radius 2 is 1.89 bits per heavy atom. The normalized spacial score (nSPS) is 21.4. The number of imidazole rings is 1. The Morgan fingerprint density at radius 3 is 2.62 bits per heavy atom. The van der Waals surface area contributed by atoms with Crippen molar-refractivity contribution in [3.63, 3.8) is 0 Å². The largest absolute Gasteiger partial charge is 0.492 e. The van der Waals surface area contributed by atoms with Gasteiger partial charge in [-0.05, 0) is 17.2 Å². The number of nitrogens with zero attached hydrogens (tertiary/aromatic N) is 4. The third-order valence-electron chi connectivity index (χ3n) is 6.23. The van der Waals surface area contributed by atoms with Gasteiger partial charge in [-0.1, -0.05) is 42.5 Å². The molecule has 0 bridgehead atoms. The zero-order chi connectivity index (χ0) is 25.9. The van der Waals surface area contributed by atoms with Crippen molar-refractivity contribution >= 4 is 22.9 Å². The molecular weight excluding hydrogens is 478 g/mol. The molecule has 12 nitrogen and oxygen atoms in total. The minimum atomic E-state index is -1.33. The van der Waals surface area contributed by atoms with Gasteiger partial charge in [0.1, 0.15) is 37.0 Å². The minimum Gasteiger partial charge on any atom is -0.492 e. The van der Waals surface area contributed by atoms with Crippen molar-refractivity contribution in [2.24, 2.45) is 5.73 Å². The molecule has 12 heteroatoms. The number of aromatic nitrogens is 4. The van der Waals surface area contributed by atoms with Crippen LogP contribution in [-0.2, 0) is 11.3 Å². The maximum Gasteiger partial charge on any atom is 0.207 e. The highest BCUT2D eigenvalue weighted by Gasteiger charge is 2.45. The summed E-state index contributed by atoms with van der Waals surface area (Å²) in [5.74, 6) is 1.15. The monoisotopic (exact) mass is 507 g/mol. The molecule has 0 spiro atoms. The molecule has 1 saturated heterocycles. The van der Waals surface area contributed by atoms with E-state index in [4.69, 9.17) is 20.9 Å². The first-order valence-corrected chi connectivity index (χ1v) is 11.9.